The molecular weight excluding hydrogens is 238 g/mol. The van der Waals surface area contributed by atoms with E-state index < -0.39 is 5.41 Å². The van der Waals surface area contributed by atoms with Crippen LogP contribution in [0.1, 0.15) is 46.0 Å². The zero-order chi connectivity index (χ0) is 13.6. The molecule has 1 aliphatic carbocycles. The Bertz CT molecular complexity index is 408. The molecule has 2 bridgehead atoms. The number of hydrogen-bond donors (Lipinski definition) is 0. The van der Waals surface area contributed by atoms with Crippen molar-refractivity contribution in [2.45, 2.75) is 64.1 Å². The van der Waals surface area contributed by atoms with Gasteiger partial charge in [0.25, 0.3) is 0 Å². The lowest BCUT2D eigenvalue weighted by molar-refractivity contribution is -0.149. The van der Waals surface area contributed by atoms with Crippen LogP contribution in [0.5, 0.6) is 0 Å². The average Bonchev–Trinajstić information content (AvgIpc) is 2.58. The van der Waals surface area contributed by atoms with Crippen molar-refractivity contribution in [3.8, 4) is 6.07 Å². The zero-order valence-electron chi connectivity index (χ0n) is 11.9. The molecule has 0 N–H and O–H groups in total. The van der Waals surface area contributed by atoms with Gasteiger partial charge in [-0.15, -0.1) is 0 Å². The quantitative estimate of drug-likeness (QED) is 0.761. The van der Waals surface area contributed by atoms with Crippen LogP contribution in [-0.2, 0) is 4.79 Å². The van der Waals surface area contributed by atoms with E-state index in [1.807, 2.05) is 0 Å². The van der Waals surface area contributed by atoms with Crippen LogP contribution < -0.4 is 0 Å². The van der Waals surface area contributed by atoms with Crippen LogP contribution in [0.25, 0.3) is 0 Å². The molecule has 3 aliphatic rings. The van der Waals surface area contributed by atoms with Gasteiger partial charge in [-0.2, -0.15) is 5.26 Å². The molecule has 1 saturated carbocycles. The maximum Gasteiger partial charge on any atom is 0.243 e. The molecule has 2 aliphatic heterocycles. The lowest BCUT2D eigenvalue weighted by atomic mass is 9.68. The molecule has 2 saturated heterocycles. The summed E-state index contributed by atoms with van der Waals surface area (Å²) in [6.07, 6.45) is 4.79. The van der Waals surface area contributed by atoms with Gasteiger partial charge < -0.3 is 4.90 Å². The van der Waals surface area contributed by atoms with Crippen molar-refractivity contribution in [1.29, 1.82) is 5.26 Å². The average molecular weight is 261 g/mol. The second-order valence-corrected chi connectivity index (χ2v) is 6.69. The second-order valence-electron chi connectivity index (χ2n) is 6.69. The van der Waals surface area contributed by atoms with Gasteiger partial charge in [0.05, 0.1) is 6.07 Å². The number of nitrogens with zero attached hydrogens (tertiary/aromatic N) is 3. The van der Waals surface area contributed by atoms with Gasteiger partial charge in [0.2, 0.25) is 5.91 Å². The van der Waals surface area contributed by atoms with Gasteiger partial charge in [-0.1, -0.05) is 0 Å². The first-order chi connectivity index (χ1) is 9.07. The number of piperazine rings is 1. The number of hydrogen-bond acceptors (Lipinski definition) is 3. The monoisotopic (exact) mass is 261 g/mol. The first-order valence-electron chi connectivity index (χ1n) is 7.55. The number of carbonyl (C=O) groups is 1. The van der Waals surface area contributed by atoms with E-state index in [0.717, 1.165) is 45.2 Å². The summed E-state index contributed by atoms with van der Waals surface area (Å²) in [6, 6.07) is 3.55. The lowest BCUT2D eigenvalue weighted by Gasteiger charge is -2.47. The Morgan fingerprint density at radius 2 is 1.84 bits per heavy atom. The first-order valence-corrected chi connectivity index (χ1v) is 7.55. The van der Waals surface area contributed by atoms with Crippen molar-refractivity contribution < 1.29 is 4.79 Å². The zero-order valence-corrected chi connectivity index (χ0v) is 11.9. The van der Waals surface area contributed by atoms with E-state index in [9.17, 15) is 10.1 Å². The van der Waals surface area contributed by atoms with Crippen LogP contribution in [0.3, 0.4) is 0 Å². The Hall–Kier alpha value is -1.08. The highest BCUT2D eigenvalue weighted by molar-refractivity contribution is 5.87. The number of fused-ring (bicyclic) bond motifs is 2. The molecular formula is C15H23N3O. The highest BCUT2D eigenvalue weighted by Crippen LogP contribution is 2.45. The van der Waals surface area contributed by atoms with E-state index in [0.29, 0.717) is 18.1 Å². The van der Waals surface area contributed by atoms with Crippen molar-refractivity contribution in [3.05, 3.63) is 0 Å². The summed E-state index contributed by atoms with van der Waals surface area (Å²) in [7, 11) is 0. The Balaban J connectivity index is 1.77. The SMILES string of the molecule is CC(C)N1CC2CCC(C1)N2C(=O)C1(C#N)CCC1. The van der Waals surface area contributed by atoms with Crippen LogP contribution in [0.2, 0.25) is 0 Å². The highest BCUT2D eigenvalue weighted by Gasteiger charge is 2.52. The molecule has 0 aromatic rings. The fraction of sp³-hybridized carbons (Fsp3) is 0.867. The van der Waals surface area contributed by atoms with Crippen LogP contribution in [0.15, 0.2) is 0 Å². The van der Waals surface area contributed by atoms with Crippen LogP contribution in [-0.4, -0.2) is 46.9 Å². The second kappa shape index (κ2) is 4.49. The van der Waals surface area contributed by atoms with Gasteiger partial charge in [-0.25, -0.2) is 0 Å². The molecule has 104 valence electrons. The lowest BCUT2D eigenvalue weighted by Crippen LogP contribution is -2.61. The number of amides is 1. The van der Waals surface area contributed by atoms with Crippen LogP contribution >= 0.6 is 0 Å². The molecule has 3 fully saturated rings. The van der Waals surface area contributed by atoms with Crippen molar-refractivity contribution >= 4 is 5.91 Å². The fourth-order valence-corrected chi connectivity index (χ4v) is 3.84. The highest BCUT2D eigenvalue weighted by atomic mass is 16.2. The summed E-state index contributed by atoms with van der Waals surface area (Å²) < 4.78 is 0. The van der Waals surface area contributed by atoms with E-state index in [1.165, 1.54) is 0 Å². The normalized spacial score (nSPS) is 33.1. The standard InChI is InChI=1S/C15H23N3O/c1-11(2)17-8-12-4-5-13(9-17)18(12)14(19)15(10-16)6-3-7-15/h11-13H,3-9H2,1-2H3. The minimum Gasteiger partial charge on any atom is -0.333 e. The van der Waals surface area contributed by atoms with Crippen LogP contribution in [0.4, 0.5) is 0 Å². The molecule has 19 heavy (non-hydrogen) atoms. The van der Waals surface area contributed by atoms with Gasteiger partial charge >= 0.3 is 0 Å². The molecule has 4 heteroatoms. The van der Waals surface area contributed by atoms with Crippen molar-refractivity contribution in [1.82, 2.24) is 9.80 Å². The van der Waals surface area contributed by atoms with Crippen molar-refractivity contribution in [2.24, 2.45) is 5.41 Å². The predicted molar refractivity (Wildman–Crippen MR) is 72.3 cm³/mol. The summed E-state index contributed by atoms with van der Waals surface area (Å²) in [5, 5.41) is 9.36. The summed E-state index contributed by atoms with van der Waals surface area (Å²) in [5.41, 5.74) is -0.666. The Morgan fingerprint density at radius 1 is 1.26 bits per heavy atom. The molecule has 2 unspecified atom stereocenters. The first kappa shape index (κ1) is 12.9. The van der Waals surface area contributed by atoms with Crippen molar-refractivity contribution in [2.75, 3.05) is 13.1 Å². The summed E-state index contributed by atoms with van der Waals surface area (Å²) in [5.74, 6) is 0.136. The number of likely N-dealkylation sites (tertiary alicyclic amines) is 1. The maximum atomic E-state index is 12.8. The van der Waals surface area contributed by atoms with Gasteiger partial charge in [0, 0.05) is 31.2 Å². The van der Waals surface area contributed by atoms with Gasteiger partial charge in [-0.3, -0.25) is 9.69 Å². The topological polar surface area (TPSA) is 47.3 Å². The smallest absolute Gasteiger partial charge is 0.243 e. The Labute approximate surface area is 115 Å². The number of nitriles is 1. The summed E-state index contributed by atoms with van der Waals surface area (Å²) in [6.45, 7) is 6.42. The van der Waals surface area contributed by atoms with Gasteiger partial charge in [0.1, 0.15) is 5.41 Å². The Kier molecular flexibility index (Phi) is 3.05. The molecule has 2 heterocycles. The van der Waals surface area contributed by atoms with E-state index in [-0.39, 0.29) is 5.91 Å². The Morgan fingerprint density at radius 3 is 2.21 bits per heavy atom. The largest absolute Gasteiger partial charge is 0.333 e. The molecule has 1 amide bonds. The van der Waals surface area contributed by atoms with E-state index in [1.54, 1.807) is 0 Å². The molecule has 0 aromatic heterocycles. The molecule has 0 spiro atoms. The number of rotatable bonds is 2. The number of carbonyl (C=O) groups excluding carboxylic acids is 1. The molecule has 2 atom stereocenters. The van der Waals surface area contributed by atoms with Crippen molar-refractivity contribution in [3.63, 3.8) is 0 Å². The third-order valence-electron chi connectivity index (χ3n) is 5.31. The molecule has 0 radical (unpaired) electrons. The van der Waals surface area contributed by atoms with E-state index in [2.05, 4.69) is 29.7 Å². The predicted octanol–water partition coefficient (Wildman–Crippen LogP) is 1.76. The van der Waals surface area contributed by atoms with Gasteiger partial charge in [-0.05, 0) is 46.0 Å². The molecule has 0 aromatic carbocycles. The minimum absolute atomic E-state index is 0.136. The van der Waals surface area contributed by atoms with Crippen LogP contribution in [0, 0.1) is 16.7 Å². The van der Waals surface area contributed by atoms with E-state index >= 15 is 0 Å². The molecule has 3 rings (SSSR count). The van der Waals surface area contributed by atoms with E-state index in [4.69, 9.17) is 0 Å². The van der Waals surface area contributed by atoms with Gasteiger partial charge in [0.15, 0.2) is 0 Å². The summed E-state index contributed by atoms with van der Waals surface area (Å²) >= 11 is 0. The molecule has 4 nitrogen and oxygen atoms in total. The summed E-state index contributed by atoms with van der Waals surface area (Å²) in [4.78, 5) is 17.3. The fourth-order valence-electron chi connectivity index (χ4n) is 3.84. The maximum absolute atomic E-state index is 12.8. The third-order valence-corrected chi connectivity index (χ3v) is 5.31. The third kappa shape index (κ3) is 1.87. The minimum atomic E-state index is -0.666.